The molecule has 1 heterocycles. The molecule has 0 saturated carbocycles. The van der Waals surface area contributed by atoms with Crippen molar-refractivity contribution in [2.24, 2.45) is 7.05 Å². The minimum Gasteiger partial charge on any atom is -0.769 e. The zero-order chi connectivity index (χ0) is 10.9. The van der Waals surface area contributed by atoms with Crippen LogP contribution in [-0.4, -0.2) is 15.0 Å². The first-order chi connectivity index (χ1) is 6.43. The van der Waals surface area contributed by atoms with E-state index in [1.54, 1.807) is 0 Å². The van der Waals surface area contributed by atoms with Crippen molar-refractivity contribution >= 4 is 11.4 Å². The Hall–Kier alpha value is -1.61. The Labute approximate surface area is 77.9 Å². The molecule has 78 valence electrons. The van der Waals surface area contributed by atoms with E-state index in [2.05, 4.69) is 0 Å². The number of nitrogens with zero attached hydrogens (tertiary/aromatic N) is 3. The first-order valence-electron chi connectivity index (χ1n) is 3.46. The smallest absolute Gasteiger partial charge is 0.279 e. The van der Waals surface area contributed by atoms with Gasteiger partial charge < -0.3 is 20.2 Å². The highest BCUT2D eigenvalue weighted by molar-refractivity contribution is 5.55. The summed E-state index contributed by atoms with van der Waals surface area (Å²) in [5.74, 6) is 0. The van der Waals surface area contributed by atoms with Crippen molar-refractivity contribution in [3.8, 4) is 0 Å². The number of anilines is 2. The SMILES string of the molecule is Cn1cc(N([O-])[O-])cc(N(O)O)c1=O. The summed E-state index contributed by atoms with van der Waals surface area (Å²) in [6.07, 6.45) is 0.981. The van der Waals surface area contributed by atoms with Crippen LogP contribution >= 0.6 is 0 Å². The molecule has 1 aromatic heterocycles. The summed E-state index contributed by atoms with van der Waals surface area (Å²) in [6, 6.07) is 0.766. The number of pyridine rings is 1. The van der Waals surface area contributed by atoms with E-state index in [9.17, 15) is 15.2 Å². The summed E-state index contributed by atoms with van der Waals surface area (Å²) in [5, 5.41) is 36.7. The van der Waals surface area contributed by atoms with Gasteiger partial charge in [-0.25, -0.2) is 0 Å². The molecule has 1 aromatic rings. The minimum absolute atomic E-state index is 0.407. The van der Waals surface area contributed by atoms with Crippen LogP contribution in [0.5, 0.6) is 0 Å². The van der Waals surface area contributed by atoms with Gasteiger partial charge in [0.1, 0.15) is 0 Å². The first-order valence-corrected chi connectivity index (χ1v) is 3.46. The molecule has 14 heavy (non-hydrogen) atoms. The number of rotatable bonds is 2. The normalized spacial score (nSPS) is 10.1. The molecule has 0 amide bonds. The summed E-state index contributed by atoms with van der Waals surface area (Å²) in [7, 11) is 1.27. The molecule has 8 heteroatoms. The lowest BCUT2D eigenvalue weighted by Gasteiger charge is -2.37. The summed E-state index contributed by atoms with van der Waals surface area (Å²) in [6.45, 7) is 0. The number of hydrogen-bond donors (Lipinski definition) is 2. The van der Waals surface area contributed by atoms with Gasteiger partial charge in [-0.15, -0.1) is 5.23 Å². The van der Waals surface area contributed by atoms with Crippen molar-refractivity contribution in [3.05, 3.63) is 33.0 Å². The van der Waals surface area contributed by atoms with Gasteiger partial charge >= 0.3 is 0 Å². The van der Waals surface area contributed by atoms with Gasteiger partial charge in [-0.2, -0.15) is 0 Å². The predicted octanol–water partition coefficient (Wildman–Crippen LogP) is -0.228. The second-order valence-corrected chi connectivity index (χ2v) is 2.55. The number of hydrogen-bond acceptors (Lipinski definition) is 7. The molecular formula is C6H7N3O5-2. The lowest BCUT2D eigenvalue weighted by atomic mass is 10.3. The summed E-state index contributed by atoms with van der Waals surface area (Å²) < 4.78 is 0.882. The monoisotopic (exact) mass is 201 g/mol. The molecule has 0 aromatic carbocycles. The molecule has 0 radical (unpaired) electrons. The second-order valence-electron chi connectivity index (χ2n) is 2.55. The van der Waals surface area contributed by atoms with Gasteiger partial charge in [0.2, 0.25) is 0 Å². The summed E-state index contributed by atoms with van der Waals surface area (Å²) in [5.41, 5.74) is -1.74. The highest BCUT2D eigenvalue weighted by Crippen LogP contribution is 2.15. The molecule has 0 unspecified atom stereocenters. The van der Waals surface area contributed by atoms with E-state index in [1.165, 1.54) is 7.05 Å². The predicted molar refractivity (Wildman–Crippen MR) is 46.9 cm³/mol. The van der Waals surface area contributed by atoms with E-state index in [1.807, 2.05) is 0 Å². The van der Waals surface area contributed by atoms with Crippen molar-refractivity contribution in [2.45, 2.75) is 0 Å². The van der Waals surface area contributed by atoms with Crippen molar-refractivity contribution < 1.29 is 10.4 Å². The molecule has 0 aliphatic heterocycles. The van der Waals surface area contributed by atoms with Crippen LogP contribution in [0.15, 0.2) is 17.1 Å². The molecule has 0 spiro atoms. The van der Waals surface area contributed by atoms with Crippen LogP contribution in [0.4, 0.5) is 11.4 Å². The van der Waals surface area contributed by atoms with Crippen LogP contribution in [-0.2, 0) is 7.05 Å². The fourth-order valence-corrected chi connectivity index (χ4v) is 0.920. The fourth-order valence-electron chi connectivity index (χ4n) is 0.920. The van der Waals surface area contributed by atoms with E-state index >= 15 is 0 Å². The van der Waals surface area contributed by atoms with E-state index in [-0.39, 0.29) is 0 Å². The Morgan fingerprint density at radius 1 is 1.43 bits per heavy atom. The molecule has 1 rings (SSSR count). The maximum atomic E-state index is 11.2. The van der Waals surface area contributed by atoms with Gasteiger partial charge in [-0.1, -0.05) is 0 Å². The second kappa shape index (κ2) is 3.64. The van der Waals surface area contributed by atoms with Crippen LogP contribution in [0.25, 0.3) is 0 Å². The van der Waals surface area contributed by atoms with Crippen molar-refractivity contribution in [1.82, 2.24) is 4.57 Å². The zero-order valence-corrected chi connectivity index (χ0v) is 7.12. The molecule has 0 saturated heterocycles. The quantitative estimate of drug-likeness (QED) is 0.635. The zero-order valence-electron chi connectivity index (χ0n) is 7.12. The van der Waals surface area contributed by atoms with Gasteiger partial charge in [-0.3, -0.25) is 15.2 Å². The standard InChI is InChI=1S/C6H7N3O5/c1-7-3-4(8(11)12)2-5(6(7)10)9(13)14/h2-3,13-14H,1H3/q-2. The van der Waals surface area contributed by atoms with Crippen LogP contribution in [0.1, 0.15) is 0 Å². The van der Waals surface area contributed by atoms with E-state index in [0.717, 1.165) is 16.8 Å². The Bertz CT molecular complexity index is 386. The molecule has 0 bridgehead atoms. The maximum Gasteiger partial charge on any atom is 0.279 e. The van der Waals surface area contributed by atoms with Crippen molar-refractivity contribution in [2.75, 3.05) is 10.5 Å². The first kappa shape index (κ1) is 10.5. The Balaban J connectivity index is 3.36. The topological polar surface area (TPSA) is 115 Å². The average Bonchev–Trinajstić information content (AvgIpc) is 2.08. The van der Waals surface area contributed by atoms with Gasteiger partial charge in [-0.05, 0) is 6.07 Å². The maximum absolute atomic E-state index is 11.2. The van der Waals surface area contributed by atoms with Gasteiger partial charge in [0.05, 0.1) is 0 Å². The lowest BCUT2D eigenvalue weighted by molar-refractivity contribution is 0.0282. The number of aromatic nitrogens is 1. The van der Waals surface area contributed by atoms with Crippen LogP contribution in [0, 0.1) is 10.4 Å². The highest BCUT2D eigenvalue weighted by atomic mass is 16.8. The molecular weight excluding hydrogens is 194 g/mol. The molecule has 2 N–H and O–H groups in total. The van der Waals surface area contributed by atoms with Crippen LogP contribution in [0.3, 0.4) is 0 Å². The third-order valence-corrected chi connectivity index (χ3v) is 1.58. The van der Waals surface area contributed by atoms with Crippen molar-refractivity contribution in [1.29, 1.82) is 0 Å². The van der Waals surface area contributed by atoms with Crippen LogP contribution < -0.4 is 16.0 Å². The van der Waals surface area contributed by atoms with E-state index in [0.29, 0.717) is 0 Å². The van der Waals surface area contributed by atoms with E-state index in [4.69, 9.17) is 10.4 Å². The largest absolute Gasteiger partial charge is 0.769 e. The molecule has 0 aliphatic rings. The third-order valence-electron chi connectivity index (χ3n) is 1.58. The highest BCUT2D eigenvalue weighted by Gasteiger charge is 2.08. The molecule has 0 aliphatic carbocycles. The lowest BCUT2D eigenvalue weighted by Crippen LogP contribution is -2.27. The van der Waals surface area contributed by atoms with E-state index < -0.39 is 27.4 Å². The average molecular weight is 201 g/mol. The summed E-state index contributed by atoms with van der Waals surface area (Å²) in [4.78, 5) is 11.2. The Morgan fingerprint density at radius 2 is 2.00 bits per heavy atom. The molecule has 0 fully saturated rings. The van der Waals surface area contributed by atoms with Crippen LogP contribution in [0.2, 0.25) is 0 Å². The van der Waals surface area contributed by atoms with Gasteiger partial charge in [0, 0.05) is 18.9 Å². The van der Waals surface area contributed by atoms with Gasteiger partial charge in [0.15, 0.2) is 5.69 Å². The third kappa shape index (κ3) is 1.83. The van der Waals surface area contributed by atoms with Gasteiger partial charge in [0.25, 0.3) is 5.56 Å². The van der Waals surface area contributed by atoms with Crippen molar-refractivity contribution in [3.63, 3.8) is 0 Å². The summed E-state index contributed by atoms with van der Waals surface area (Å²) >= 11 is 0. The molecule has 0 atom stereocenters. The fraction of sp³-hybridized carbons (Fsp3) is 0.167. The Morgan fingerprint density at radius 3 is 2.43 bits per heavy atom. The number of aryl methyl sites for hydroxylation is 1. The minimum atomic E-state index is -0.749. The molecule has 8 nitrogen and oxygen atoms in total. The Kier molecular flexibility index (Phi) is 2.72.